The number of aryl methyl sites for hydroxylation is 1. The summed E-state index contributed by atoms with van der Waals surface area (Å²) in [5, 5.41) is 7.96. The standard InChI is InChI=1S/C13H12N4/c1-2-9-3-10(6-14-5-9)12-4-13-11(7-15-12)8-16-17-13/h3-8H,2H2,1H3,(H,16,17). The fourth-order valence-corrected chi connectivity index (χ4v) is 1.82. The molecule has 4 nitrogen and oxygen atoms in total. The number of aromatic amines is 1. The van der Waals surface area contributed by atoms with Gasteiger partial charge in [0.15, 0.2) is 0 Å². The van der Waals surface area contributed by atoms with E-state index in [1.54, 1.807) is 6.20 Å². The number of nitrogens with zero attached hydrogens (tertiary/aromatic N) is 3. The summed E-state index contributed by atoms with van der Waals surface area (Å²) in [5.41, 5.74) is 4.18. The topological polar surface area (TPSA) is 54.5 Å². The van der Waals surface area contributed by atoms with Gasteiger partial charge in [0, 0.05) is 29.5 Å². The molecular weight excluding hydrogens is 212 g/mol. The van der Waals surface area contributed by atoms with Crippen molar-refractivity contribution in [1.29, 1.82) is 0 Å². The van der Waals surface area contributed by atoms with Crippen LogP contribution in [0.25, 0.3) is 22.2 Å². The van der Waals surface area contributed by atoms with E-state index in [-0.39, 0.29) is 0 Å². The Balaban J connectivity index is 2.12. The Morgan fingerprint density at radius 2 is 2.06 bits per heavy atom. The van der Waals surface area contributed by atoms with Gasteiger partial charge in [-0.25, -0.2) is 0 Å². The van der Waals surface area contributed by atoms with Gasteiger partial charge in [-0.3, -0.25) is 15.1 Å². The number of aromatic nitrogens is 4. The molecule has 3 aromatic heterocycles. The van der Waals surface area contributed by atoms with Gasteiger partial charge in [-0.2, -0.15) is 5.10 Å². The predicted molar refractivity (Wildman–Crippen MR) is 66.5 cm³/mol. The van der Waals surface area contributed by atoms with E-state index in [1.807, 2.05) is 24.7 Å². The normalized spacial score (nSPS) is 10.9. The third-order valence-corrected chi connectivity index (χ3v) is 2.82. The summed E-state index contributed by atoms with van der Waals surface area (Å²) in [4.78, 5) is 8.66. The molecule has 0 radical (unpaired) electrons. The van der Waals surface area contributed by atoms with E-state index >= 15 is 0 Å². The van der Waals surface area contributed by atoms with Crippen LogP contribution in [0.1, 0.15) is 12.5 Å². The van der Waals surface area contributed by atoms with Crippen LogP contribution < -0.4 is 0 Å². The Labute approximate surface area is 98.7 Å². The SMILES string of the molecule is CCc1cncc(-c2cc3[nH]ncc3cn2)c1. The number of nitrogens with one attached hydrogen (secondary N) is 1. The minimum atomic E-state index is 0.921. The molecule has 1 N–H and O–H groups in total. The number of pyridine rings is 2. The summed E-state index contributed by atoms with van der Waals surface area (Å²) in [6.45, 7) is 2.12. The van der Waals surface area contributed by atoms with E-state index in [2.05, 4.69) is 33.2 Å². The first kappa shape index (κ1) is 9.96. The average Bonchev–Trinajstić information content (AvgIpc) is 2.86. The lowest BCUT2D eigenvalue weighted by atomic mass is 10.1. The summed E-state index contributed by atoms with van der Waals surface area (Å²) >= 11 is 0. The summed E-state index contributed by atoms with van der Waals surface area (Å²) in [7, 11) is 0. The molecule has 3 aromatic rings. The first-order valence-electron chi connectivity index (χ1n) is 5.60. The number of hydrogen-bond acceptors (Lipinski definition) is 3. The molecule has 0 saturated heterocycles. The van der Waals surface area contributed by atoms with E-state index in [4.69, 9.17) is 0 Å². The Bertz CT molecular complexity index is 657. The van der Waals surface area contributed by atoms with E-state index in [0.717, 1.165) is 28.6 Å². The Hall–Kier alpha value is -2.23. The molecule has 3 rings (SSSR count). The molecule has 0 fully saturated rings. The fourth-order valence-electron chi connectivity index (χ4n) is 1.82. The van der Waals surface area contributed by atoms with Crippen LogP contribution in [0.2, 0.25) is 0 Å². The third kappa shape index (κ3) is 1.78. The van der Waals surface area contributed by atoms with E-state index < -0.39 is 0 Å². The molecule has 3 heterocycles. The largest absolute Gasteiger partial charge is 0.278 e. The highest BCUT2D eigenvalue weighted by atomic mass is 15.1. The van der Waals surface area contributed by atoms with Gasteiger partial charge in [-0.05, 0) is 24.1 Å². The van der Waals surface area contributed by atoms with Crippen LogP contribution in [0.3, 0.4) is 0 Å². The van der Waals surface area contributed by atoms with Crippen LogP contribution in [0, 0.1) is 0 Å². The van der Waals surface area contributed by atoms with Gasteiger partial charge in [0.1, 0.15) is 0 Å². The van der Waals surface area contributed by atoms with Crippen LogP contribution in [0.5, 0.6) is 0 Å². The van der Waals surface area contributed by atoms with Crippen LogP contribution in [-0.2, 0) is 6.42 Å². The van der Waals surface area contributed by atoms with Crippen LogP contribution in [0.15, 0.2) is 36.9 Å². The molecule has 4 heteroatoms. The zero-order valence-corrected chi connectivity index (χ0v) is 9.51. The van der Waals surface area contributed by atoms with Crippen molar-refractivity contribution in [3.05, 3.63) is 42.5 Å². The predicted octanol–water partition coefficient (Wildman–Crippen LogP) is 2.58. The number of H-pyrrole nitrogens is 1. The zero-order valence-electron chi connectivity index (χ0n) is 9.51. The van der Waals surface area contributed by atoms with Crippen LogP contribution in [0.4, 0.5) is 0 Å². The summed E-state index contributed by atoms with van der Waals surface area (Å²) in [6.07, 6.45) is 8.30. The summed E-state index contributed by atoms with van der Waals surface area (Å²) in [6, 6.07) is 4.12. The molecule has 0 amide bonds. The maximum atomic E-state index is 4.42. The maximum absolute atomic E-state index is 4.42. The van der Waals surface area contributed by atoms with E-state index in [9.17, 15) is 0 Å². The highest BCUT2D eigenvalue weighted by Crippen LogP contribution is 2.20. The molecule has 0 aromatic carbocycles. The highest BCUT2D eigenvalue weighted by Gasteiger charge is 2.03. The molecule has 0 aliphatic carbocycles. The van der Waals surface area contributed by atoms with Gasteiger partial charge in [0.25, 0.3) is 0 Å². The lowest BCUT2D eigenvalue weighted by Crippen LogP contribution is -1.88. The second-order valence-corrected chi connectivity index (χ2v) is 3.96. The monoisotopic (exact) mass is 224 g/mol. The first-order chi connectivity index (χ1) is 8.36. The molecule has 0 bridgehead atoms. The zero-order chi connectivity index (χ0) is 11.7. The Morgan fingerprint density at radius 3 is 2.94 bits per heavy atom. The molecule has 0 saturated carbocycles. The lowest BCUT2D eigenvalue weighted by molar-refractivity contribution is 1.10. The highest BCUT2D eigenvalue weighted by molar-refractivity contribution is 5.81. The Kier molecular flexibility index (Phi) is 2.33. The second kappa shape index (κ2) is 3.97. The van der Waals surface area contributed by atoms with Crippen LogP contribution >= 0.6 is 0 Å². The van der Waals surface area contributed by atoms with Crippen molar-refractivity contribution in [2.45, 2.75) is 13.3 Å². The number of fused-ring (bicyclic) bond motifs is 1. The van der Waals surface area contributed by atoms with Crippen molar-refractivity contribution in [2.24, 2.45) is 0 Å². The van der Waals surface area contributed by atoms with Gasteiger partial charge in [-0.1, -0.05) is 6.92 Å². The van der Waals surface area contributed by atoms with Gasteiger partial charge < -0.3 is 0 Å². The van der Waals surface area contributed by atoms with Gasteiger partial charge in [0.05, 0.1) is 17.4 Å². The molecular formula is C13H12N4. The molecule has 0 atom stereocenters. The van der Waals surface area contributed by atoms with Crippen molar-refractivity contribution >= 4 is 10.9 Å². The van der Waals surface area contributed by atoms with Crippen molar-refractivity contribution < 1.29 is 0 Å². The second-order valence-electron chi connectivity index (χ2n) is 3.96. The fraction of sp³-hybridized carbons (Fsp3) is 0.154. The maximum Gasteiger partial charge on any atom is 0.0739 e. The van der Waals surface area contributed by atoms with E-state index in [1.165, 1.54) is 5.56 Å². The molecule has 0 aliphatic rings. The van der Waals surface area contributed by atoms with E-state index in [0.29, 0.717) is 0 Å². The molecule has 0 unspecified atom stereocenters. The minimum Gasteiger partial charge on any atom is -0.278 e. The smallest absolute Gasteiger partial charge is 0.0739 e. The molecule has 0 aliphatic heterocycles. The quantitative estimate of drug-likeness (QED) is 0.727. The number of hydrogen-bond donors (Lipinski definition) is 1. The third-order valence-electron chi connectivity index (χ3n) is 2.82. The van der Waals surface area contributed by atoms with Crippen molar-refractivity contribution in [3.8, 4) is 11.3 Å². The Morgan fingerprint density at radius 1 is 1.12 bits per heavy atom. The molecule has 84 valence electrons. The van der Waals surface area contributed by atoms with Crippen molar-refractivity contribution in [1.82, 2.24) is 20.2 Å². The number of rotatable bonds is 2. The van der Waals surface area contributed by atoms with Gasteiger partial charge in [0.2, 0.25) is 0 Å². The van der Waals surface area contributed by atoms with Crippen LogP contribution in [-0.4, -0.2) is 20.2 Å². The van der Waals surface area contributed by atoms with Crippen molar-refractivity contribution in [2.75, 3.05) is 0 Å². The van der Waals surface area contributed by atoms with Crippen molar-refractivity contribution in [3.63, 3.8) is 0 Å². The minimum absolute atomic E-state index is 0.921. The lowest BCUT2D eigenvalue weighted by Gasteiger charge is -2.02. The average molecular weight is 224 g/mol. The summed E-state index contributed by atoms with van der Waals surface area (Å²) < 4.78 is 0. The summed E-state index contributed by atoms with van der Waals surface area (Å²) in [5.74, 6) is 0. The molecule has 17 heavy (non-hydrogen) atoms. The van der Waals surface area contributed by atoms with Gasteiger partial charge >= 0.3 is 0 Å². The molecule has 0 spiro atoms. The first-order valence-corrected chi connectivity index (χ1v) is 5.60. The van der Waals surface area contributed by atoms with Gasteiger partial charge in [-0.15, -0.1) is 0 Å².